The number of nitrogens with one attached hydrogen (secondary N) is 1. The van der Waals surface area contributed by atoms with E-state index in [4.69, 9.17) is 23.2 Å². The van der Waals surface area contributed by atoms with Gasteiger partial charge in [-0.05, 0) is 30.5 Å². The highest BCUT2D eigenvalue weighted by atomic mass is 35.5. The minimum absolute atomic E-state index is 0.0392. The van der Waals surface area contributed by atoms with Crippen LogP contribution >= 0.6 is 46.3 Å². The fourth-order valence-electron chi connectivity index (χ4n) is 2.05. The average molecular weight is 417 g/mol. The van der Waals surface area contributed by atoms with Crippen molar-refractivity contribution in [2.24, 2.45) is 0 Å². The average Bonchev–Trinajstić information content (AvgIpc) is 3.10. The zero-order valence-corrected chi connectivity index (χ0v) is 16.8. The number of halogens is 2. The summed E-state index contributed by atoms with van der Waals surface area (Å²) >= 11 is 15.1. The number of hydrogen-bond donors (Lipinski definition) is 1. The molecule has 0 bridgehead atoms. The normalized spacial score (nSPS) is 10.5. The molecule has 0 aliphatic heterocycles. The molecule has 0 atom stereocenters. The number of amides is 2. The first-order valence-corrected chi connectivity index (χ1v) is 10.3. The van der Waals surface area contributed by atoms with Crippen molar-refractivity contribution in [3.8, 4) is 0 Å². The highest BCUT2D eigenvalue weighted by Gasteiger charge is 2.17. The van der Waals surface area contributed by atoms with E-state index in [1.165, 1.54) is 16.7 Å². The first-order valence-electron chi connectivity index (χ1n) is 7.65. The first kappa shape index (κ1) is 20.1. The topological polar surface area (TPSA) is 49.4 Å². The van der Waals surface area contributed by atoms with Gasteiger partial charge in [-0.1, -0.05) is 35.3 Å². The van der Waals surface area contributed by atoms with Crippen molar-refractivity contribution in [1.29, 1.82) is 0 Å². The van der Waals surface area contributed by atoms with Crippen LogP contribution in [-0.4, -0.2) is 35.6 Å². The van der Waals surface area contributed by atoms with Crippen LogP contribution in [0.2, 0.25) is 10.0 Å². The fourth-order valence-corrected chi connectivity index (χ4v) is 4.28. The molecule has 0 saturated heterocycles. The fraction of sp³-hybridized carbons (Fsp3) is 0.294. The Kier molecular flexibility index (Phi) is 8.09. The predicted molar refractivity (Wildman–Crippen MR) is 106 cm³/mol. The third-order valence-electron chi connectivity index (χ3n) is 3.37. The molecule has 8 heteroatoms. The summed E-state index contributed by atoms with van der Waals surface area (Å²) in [5.74, 6) is -0.130. The van der Waals surface area contributed by atoms with Gasteiger partial charge in [-0.25, -0.2) is 0 Å². The Bertz CT molecular complexity index is 703. The molecule has 134 valence electrons. The van der Waals surface area contributed by atoms with Gasteiger partial charge < -0.3 is 10.2 Å². The molecule has 2 rings (SSSR count). The lowest BCUT2D eigenvalue weighted by Gasteiger charge is -2.20. The van der Waals surface area contributed by atoms with E-state index in [0.717, 1.165) is 4.88 Å². The maximum absolute atomic E-state index is 12.4. The molecular formula is C17H18Cl2N2O2S2. The number of benzene rings is 1. The Balaban J connectivity index is 1.84. The summed E-state index contributed by atoms with van der Waals surface area (Å²) in [5, 5.41) is 5.82. The van der Waals surface area contributed by atoms with Gasteiger partial charge in [0.1, 0.15) is 0 Å². The third kappa shape index (κ3) is 6.22. The second-order valence-corrected chi connectivity index (χ2v) is 7.94. The second kappa shape index (κ2) is 10.1. The lowest BCUT2D eigenvalue weighted by atomic mass is 10.4. The molecule has 0 unspecified atom stereocenters. The number of hydrogen-bond acceptors (Lipinski definition) is 4. The van der Waals surface area contributed by atoms with E-state index in [1.807, 2.05) is 24.4 Å². The Hall–Kier alpha value is -1.21. The number of carbonyl (C=O) groups is 2. The molecule has 1 N–H and O–H groups in total. The molecular weight excluding hydrogens is 399 g/mol. The number of nitrogens with zero attached hydrogens (tertiary/aromatic N) is 1. The molecule has 0 aliphatic rings. The van der Waals surface area contributed by atoms with Gasteiger partial charge in [-0.2, -0.15) is 0 Å². The van der Waals surface area contributed by atoms with E-state index in [0.29, 0.717) is 28.0 Å². The lowest BCUT2D eigenvalue weighted by molar-refractivity contribution is -0.133. The van der Waals surface area contributed by atoms with Gasteiger partial charge in [-0.3, -0.25) is 9.59 Å². The first-order chi connectivity index (χ1) is 12.0. The molecule has 2 amide bonds. The van der Waals surface area contributed by atoms with Crippen molar-refractivity contribution in [2.75, 3.05) is 18.8 Å². The number of likely N-dealkylation sites (N-methyl/N-ethyl adjacent to an activating group) is 1. The summed E-state index contributed by atoms with van der Waals surface area (Å²) in [6.07, 6.45) is 0. The second-order valence-electron chi connectivity index (χ2n) is 5.10. The van der Waals surface area contributed by atoms with Crippen LogP contribution in [-0.2, 0) is 16.1 Å². The van der Waals surface area contributed by atoms with Crippen molar-refractivity contribution < 1.29 is 9.59 Å². The van der Waals surface area contributed by atoms with Gasteiger partial charge in [-0.15, -0.1) is 23.1 Å². The van der Waals surface area contributed by atoms with Crippen molar-refractivity contribution in [3.63, 3.8) is 0 Å². The summed E-state index contributed by atoms with van der Waals surface area (Å²) in [4.78, 5) is 27.7. The van der Waals surface area contributed by atoms with E-state index >= 15 is 0 Å². The van der Waals surface area contributed by atoms with Gasteiger partial charge >= 0.3 is 0 Å². The highest BCUT2D eigenvalue weighted by Crippen LogP contribution is 2.33. The van der Waals surface area contributed by atoms with Crippen molar-refractivity contribution in [3.05, 3.63) is 50.6 Å². The van der Waals surface area contributed by atoms with Gasteiger partial charge in [0.05, 0.1) is 28.9 Å². The highest BCUT2D eigenvalue weighted by molar-refractivity contribution is 8.00. The molecule has 1 heterocycles. The van der Waals surface area contributed by atoms with Crippen LogP contribution in [0.1, 0.15) is 11.8 Å². The Morgan fingerprint density at radius 1 is 1.20 bits per heavy atom. The van der Waals surface area contributed by atoms with Crippen LogP contribution in [0.5, 0.6) is 0 Å². The van der Waals surface area contributed by atoms with Crippen LogP contribution in [0.25, 0.3) is 0 Å². The Morgan fingerprint density at radius 3 is 2.52 bits per heavy atom. The summed E-state index contributed by atoms with van der Waals surface area (Å²) < 4.78 is 0. The van der Waals surface area contributed by atoms with Gasteiger partial charge in [0.15, 0.2) is 0 Å². The zero-order valence-electron chi connectivity index (χ0n) is 13.6. The summed E-state index contributed by atoms with van der Waals surface area (Å²) in [5.41, 5.74) is 0. The van der Waals surface area contributed by atoms with Crippen molar-refractivity contribution >= 4 is 58.1 Å². The molecule has 1 aromatic heterocycles. The Morgan fingerprint density at radius 2 is 1.92 bits per heavy atom. The van der Waals surface area contributed by atoms with Crippen LogP contribution in [0.4, 0.5) is 0 Å². The van der Waals surface area contributed by atoms with Gasteiger partial charge in [0.25, 0.3) is 0 Å². The maximum atomic E-state index is 12.4. The predicted octanol–water partition coefficient (Wildman–Crippen LogP) is 4.31. The number of rotatable bonds is 8. The quantitative estimate of drug-likeness (QED) is 0.652. The summed E-state index contributed by atoms with van der Waals surface area (Å²) in [7, 11) is 0. The van der Waals surface area contributed by atoms with E-state index in [-0.39, 0.29) is 24.1 Å². The smallest absolute Gasteiger partial charge is 0.239 e. The maximum Gasteiger partial charge on any atom is 0.239 e. The SMILES string of the molecule is CCN(CC(=O)NCc1cccs1)C(=O)CSc1c(Cl)cccc1Cl. The van der Waals surface area contributed by atoms with E-state index < -0.39 is 0 Å². The largest absolute Gasteiger partial charge is 0.350 e. The lowest BCUT2D eigenvalue weighted by Crippen LogP contribution is -2.41. The van der Waals surface area contributed by atoms with Crippen LogP contribution in [0.15, 0.2) is 40.6 Å². The monoisotopic (exact) mass is 416 g/mol. The Labute approximate surface area is 165 Å². The van der Waals surface area contributed by atoms with Crippen LogP contribution in [0.3, 0.4) is 0 Å². The third-order valence-corrected chi connectivity index (χ3v) is 6.22. The van der Waals surface area contributed by atoms with Gasteiger partial charge in [0.2, 0.25) is 11.8 Å². The van der Waals surface area contributed by atoms with Crippen LogP contribution in [0, 0.1) is 0 Å². The zero-order chi connectivity index (χ0) is 18.2. The molecule has 0 saturated carbocycles. The molecule has 0 fully saturated rings. The minimum atomic E-state index is -0.177. The summed E-state index contributed by atoms with van der Waals surface area (Å²) in [6.45, 7) is 2.82. The van der Waals surface area contributed by atoms with Crippen molar-refractivity contribution in [1.82, 2.24) is 10.2 Å². The number of thiophene rings is 1. The molecule has 25 heavy (non-hydrogen) atoms. The summed E-state index contributed by atoms with van der Waals surface area (Å²) in [6, 6.07) is 9.11. The van der Waals surface area contributed by atoms with Crippen LogP contribution < -0.4 is 5.32 Å². The number of thioether (sulfide) groups is 1. The molecule has 2 aromatic rings. The molecule has 0 radical (unpaired) electrons. The molecule has 0 aliphatic carbocycles. The van der Waals surface area contributed by atoms with E-state index in [1.54, 1.807) is 29.5 Å². The minimum Gasteiger partial charge on any atom is -0.350 e. The number of carbonyl (C=O) groups excluding carboxylic acids is 2. The van der Waals surface area contributed by atoms with Crippen molar-refractivity contribution in [2.45, 2.75) is 18.4 Å². The van der Waals surface area contributed by atoms with E-state index in [9.17, 15) is 9.59 Å². The molecule has 0 spiro atoms. The molecule has 4 nitrogen and oxygen atoms in total. The molecule has 1 aromatic carbocycles. The van der Waals surface area contributed by atoms with E-state index in [2.05, 4.69) is 5.32 Å². The standard InChI is InChI=1S/C17H18Cl2N2O2S2/c1-2-21(10-15(22)20-9-12-5-4-8-24-12)16(23)11-25-17-13(18)6-3-7-14(17)19/h3-8H,2,9-11H2,1H3,(H,20,22). The van der Waals surface area contributed by atoms with Gasteiger partial charge in [0, 0.05) is 16.3 Å².